The second-order valence-corrected chi connectivity index (χ2v) is 2.75. The molecule has 0 saturated carbocycles. The zero-order valence-corrected chi connectivity index (χ0v) is 6.29. The molecule has 2 heteroatoms. The van der Waals surface area contributed by atoms with Crippen LogP contribution in [-0.4, -0.2) is 24.4 Å². The van der Waals surface area contributed by atoms with E-state index in [4.69, 9.17) is 9.84 Å². The maximum Gasteiger partial charge on any atom is 0.0778 e. The fraction of sp³-hybridized carbons (Fsp3) is 0.750. The number of hydrogen-bond donors (Lipinski definition) is 1. The first kappa shape index (κ1) is 7.76. The van der Waals surface area contributed by atoms with Crippen LogP contribution in [0.1, 0.15) is 13.3 Å². The van der Waals surface area contributed by atoms with Gasteiger partial charge in [-0.05, 0) is 5.92 Å². The summed E-state index contributed by atoms with van der Waals surface area (Å²) in [6, 6.07) is 0. The molecule has 0 aromatic carbocycles. The number of ether oxygens (including phenoxy) is 1. The normalized spacial score (nSPS) is 32.6. The van der Waals surface area contributed by atoms with Gasteiger partial charge in [0.15, 0.2) is 0 Å². The van der Waals surface area contributed by atoms with E-state index in [1.54, 1.807) is 0 Å². The minimum Gasteiger partial charge on any atom is -0.396 e. The van der Waals surface area contributed by atoms with Crippen LogP contribution in [0.15, 0.2) is 12.2 Å². The van der Waals surface area contributed by atoms with Crippen LogP contribution in [-0.2, 0) is 4.74 Å². The molecule has 0 aliphatic carbocycles. The van der Waals surface area contributed by atoms with E-state index in [1.807, 2.05) is 6.08 Å². The highest BCUT2D eigenvalue weighted by molar-refractivity contribution is 4.96. The van der Waals surface area contributed by atoms with Crippen LogP contribution < -0.4 is 0 Å². The Kier molecular flexibility index (Phi) is 2.90. The van der Waals surface area contributed by atoms with Crippen molar-refractivity contribution in [1.29, 1.82) is 0 Å². The first-order valence-corrected chi connectivity index (χ1v) is 3.73. The molecule has 0 saturated heterocycles. The van der Waals surface area contributed by atoms with Gasteiger partial charge in [0, 0.05) is 13.0 Å². The quantitative estimate of drug-likeness (QED) is 0.582. The molecule has 0 aromatic heterocycles. The molecule has 0 radical (unpaired) electrons. The van der Waals surface area contributed by atoms with Crippen LogP contribution in [0.3, 0.4) is 0 Å². The molecule has 10 heavy (non-hydrogen) atoms. The third-order valence-electron chi connectivity index (χ3n) is 1.64. The average Bonchev–Trinajstić information content (AvgIpc) is 1.95. The van der Waals surface area contributed by atoms with Crippen LogP contribution >= 0.6 is 0 Å². The number of hydrogen-bond acceptors (Lipinski definition) is 2. The summed E-state index contributed by atoms with van der Waals surface area (Å²) in [5, 5.41) is 8.57. The van der Waals surface area contributed by atoms with Crippen molar-refractivity contribution in [2.75, 3.05) is 13.2 Å². The largest absolute Gasteiger partial charge is 0.396 e. The summed E-state index contributed by atoms with van der Waals surface area (Å²) in [4.78, 5) is 0. The number of aliphatic hydroxyl groups excluding tert-OH is 1. The molecule has 58 valence electrons. The molecule has 0 fully saturated rings. The Bertz CT molecular complexity index is 120. The van der Waals surface area contributed by atoms with Crippen LogP contribution in [0.2, 0.25) is 0 Å². The lowest BCUT2D eigenvalue weighted by atomic mass is 10.1. The number of aliphatic hydroxyl groups is 1. The number of rotatable bonds is 2. The van der Waals surface area contributed by atoms with Crippen LogP contribution in [0.25, 0.3) is 0 Å². The van der Waals surface area contributed by atoms with Crippen molar-refractivity contribution in [2.24, 2.45) is 5.92 Å². The molecule has 2 atom stereocenters. The van der Waals surface area contributed by atoms with Gasteiger partial charge in [0.25, 0.3) is 0 Å². The van der Waals surface area contributed by atoms with Crippen molar-refractivity contribution < 1.29 is 9.84 Å². The molecule has 0 bridgehead atoms. The molecule has 0 aromatic rings. The first-order valence-electron chi connectivity index (χ1n) is 3.73. The lowest BCUT2D eigenvalue weighted by Gasteiger charge is -2.20. The van der Waals surface area contributed by atoms with Gasteiger partial charge in [-0.25, -0.2) is 0 Å². The van der Waals surface area contributed by atoms with Gasteiger partial charge in [-0.1, -0.05) is 19.1 Å². The van der Waals surface area contributed by atoms with E-state index in [2.05, 4.69) is 13.0 Å². The SMILES string of the molecule is C[C@@H]1C=C[C@H](CCO)OC1. The molecule has 1 rings (SSSR count). The minimum atomic E-state index is 0.154. The Balaban J connectivity index is 2.30. The molecule has 1 N–H and O–H groups in total. The second kappa shape index (κ2) is 3.74. The summed E-state index contributed by atoms with van der Waals surface area (Å²) in [6.45, 7) is 3.12. The smallest absolute Gasteiger partial charge is 0.0778 e. The first-order chi connectivity index (χ1) is 4.83. The highest BCUT2D eigenvalue weighted by atomic mass is 16.5. The Morgan fingerprint density at radius 2 is 2.40 bits per heavy atom. The van der Waals surface area contributed by atoms with Crippen LogP contribution in [0.5, 0.6) is 0 Å². The highest BCUT2D eigenvalue weighted by Crippen LogP contribution is 2.11. The van der Waals surface area contributed by atoms with Gasteiger partial charge in [0.1, 0.15) is 0 Å². The minimum absolute atomic E-state index is 0.154. The van der Waals surface area contributed by atoms with E-state index in [0.29, 0.717) is 5.92 Å². The van der Waals surface area contributed by atoms with Crippen molar-refractivity contribution in [2.45, 2.75) is 19.4 Å². The summed E-state index contributed by atoms with van der Waals surface area (Å²) in [6.07, 6.45) is 5.05. The predicted molar refractivity (Wildman–Crippen MR) is 39.7 cm³/mol. The summed E-state index contributed by atoms with van der Waals surface area (Å²) < 4.78 is 5.38. The molecule has 0 spiro atoms. The molecule has 1 aliphatic heterocycles. The molecular formula is C8H14O2. The summed E-state index contributed by atoms with van der Waals surface area (Å²) in [5.74, 6) is 0.537. The van der Waals surface area contributed by atoms with Crippen molar-refractivity contribution in [3.05, 3.63) is 12.2 Å². The van der Waals surface area contributed by atoms with Gasteiger partial charge >= 0.3 is 0 Å². The van der Waals surface area contributed by atoms with Crippen molar-refractivity contribution in [1.82, 2.24) is 0 Å². The highest BCUT2D eigenvalue weighted by Gasteiger charge is 2.11. The predicted octanol–water partition coefficient (Wildman–Crippen LogP) is 0.960. The van der Waals surface area contributed by atoms with Gasteiger partial charge in [0.05, 0.1) is 12.7 Å². The molecule has 2 nitrogen and oxygen atoms in total. The molecule has 0 unspecified atom stereocenters. The Labute approximate surface area is 61.5 Å². The van der Waals surface area contributed by atoms with Crippen molar-refractivity contribution >= 4 is 0 Å². The van der Waals surface area contributed by atoms with E-state index in [0.717, 1.165) is 13.0 Å². The van der Waals surface area contributed by atoms with Crippen LogP contribution in [0, 0.1) is 5.92 Å². The van der Waals surface area contributed by atoms with E-state index in [-0.39, 0.29) is 12.7 Å². The molecule has 1 heterocycles. The maximum absolute atomic E-state index is 8.57. The lowest BCUT2D eigenvalue weighted by molar-refractivity contribution is 0.0438. The summed E-state index contributed by atoms with van der Waals surface area (Å²) in [5.41, 5.74) is 0. The monoisotopic (exact) mass is 142 g/mol. The summed E-state index contributed by atoms with van der Waals surface area (Å²) in [7, 11) is 0. The molecule has 0 amide bonds. The third-order valence-corrected chi connectivity index (χ3v) is 1.64. The Morgan fingerprint density at radius 1 is 1.60 bits per heavy atom. The Hall–Kier alpha value is -0.340. The van der Waals surface area contributed by atoms with Gasteiger partial charge in [-0.3, -0.25) is 0 Å². The fourth-order valence-corrected chi connectivity index (χ4v) is 1.01. The van der Waals surface area contributed by atoms with Crippen molar-refractivity contribution in [3.63, 3.8) is 0 Å². The van der Waals surface area contributed by atoms with E-state index in [9.17, 15) is 0 Å². The van der Waals surface area contributed by atoms with E-state index < -0.39 is 0 Å². The topological polar surface area (TPSA) is 29.5 Å². The van der Waals surface area contributed by atoms with Gasteiger partial charge in [-0.2, -0.15) is 0 Å². The van der Waals surface area contributed by atoms with Crippen LogP contribution in [0.4, 0.5) is 0 Å². The summed E-state index contributed by atoms with van der Waals surface area (Å²) >= 11 is 0. The van der Waals surface area contributed by atoms with Gasteiger partial charge in [0.2, 0.25) is 0 Å². The average molecular weight is 142 g/mol. The van der Waals surface area contributed by atoms with E-state index >= 15 is 0 Å². The maximum atomic E-state index is 8.57. The third kappa shape index (κ3) is 2.12. The molecular weight excluding hydrogens is 128 g/mol. The zero-order chi connectivity index (χ0) is 7.40. The van der Waals surface area contributed by atoms with Crippen molar-refractivity contribution in [3.8, 4) is 0 Å². The Morgan fingerprint density at radius 3 is 2.90 bits per heavy atom. The second-order valence-electron chi connectivity index (χ2n) is 2.75. The molecule has 1 aliphatic rings. The zero-order valence-electron chi connectivity index (χ0n) is 6.29. The fourth-order valence-electron chi connectivity index (χ4n) is 1.01. The standard InChI is InChI=1S/C8H14O2/c1-7-2-3-8(4-5-9)10-6-7/h2-3,7-9H,4-6H2,1H3/t7-,8-/m1/s1. The van der Waals surface area contributed by atoms with E-state index in [1.165, 1.54) is 0 Å². The van der Waals surface area contributed by atoms with Gasteiger partial charge < -0.3 is 9.84 Å². The van der Waals surface area contributed by atoms with Gasteiger partial charge in [-0.15, -0.1) is 0 Å². The lowest BCUT2D eigenvalue weighted by Crippen LogP contribution is -2.20.